The Hall–Kier alpha value is -1.14. The molecule has 0 radical (unpaired) electrons. The summed E-state index contributed by atoms with van der Waals surface area (Å²) in [5, 5.41) is 9.32. The van der Waals surface area contributed by atoms with Gasteiger partial charge in [0.25, 0.3) is 0 Å². The third-order valence-electron chi connectivity index (χ3n) is 1.44. The van der Waals surface area contributed by atoms with Crippen molar-refractivity contribution in [2.24, 2.45) is 16.5 Å². The van der Waals surface area contributed by atoms with Gasteiger partial charge in [0.15, 0.2) is 5.96 Å². The lowest BCUT2D eigenvalue weighted by atomic mass is 10.2. The predicted octanol–water partition coefficient (Wildman–Crippen LogP) is -1.86. The molecule has 6 nitrogen and oxygen atoms in total. The number of nitrogens with zero attached hydrogens (tertiary/aromatic N) is 2. The Morgan fingerprint density at radius 2 is 2.07 bits per heavy atom. The number of hydrogen-bond donors (Lipinski definition) is 3. The molecule has 14 heavy (non-hydrogen) atoms. The average Bonchev–Trinajstić information content (AvgIpc) is 1.98. The van der Waals surface area contributed by atoms with Crippen molar-refractivity contribution in [1.29, 1.82) is 0 Å². The fourth-order valence-corrected chi connectivity index (χ4v) is 0.955. The number of likely N-dealkylation sites (N-methyl/N-ethyl adjacent to an activating group) is 1. The zero-order chi connectivity index (χ0) is 11.1. The molecule has 5 N–H and O–H groups in total. The molecule has 0 aromatic rings. The molecule has 0 aromatic carbocycles. The van der Waals surface area contributed by atoms with Crippen LogP contribution in [0.15, 0.2) is 4.99 Å². The summed E-state index contributed by atoms with van der Waals surface area (Å²) < 4.78 is 0. The van der Waals surface area contributed by atoms with E-state index in [1.54, 1.807) is 19.0 Å². The van der Waals surface area contributed by atoms with Crippen molar-refractivity contribution in [2.45, 2.75) is 12.5 Å². The Labute approximate surface area is 83.6 Å². The first-order valence-electron chi connectivity index (χ1n) is 4.31. The number of aliphatic imine (C=N–C) groups is 1. The number of hydrogen-bond acceptors (Lipinski definition) is 4. The lowest BCUT2D eigenvalue weighted by Gasteiger charge is -2.10. The van der Waals surface area contributed by atoms with Crippen LogP contribution in [0.5, 0.6) is 0 Å². The Kier molecular flexibility index (Phi) is 5.82. The van der Waals surface area contributed by atoms with E-state index < -0.39 is 6.10 Å². The largest absolute Gasteiger partial charge is 0.391 e. The summed E-state index contributed by atoms with van der Waals surface area (Å²) in [6.07, 6.45) is -0.723. The lowest BCUT2D eigenvalue weighted by Crippen LogP contribution is -2.28. The van der Waals surface area contributed by atoms with E-state index in [1.165, 1.54) is 0 Å². The van der Waals surface area contributed by atoms with Crippen molar-refractivity contribution in [3.63, 3.8) is 0 Å². The summed E-state index contributed by atoms with van der Waals surface area (Å²) in [6.45, 7) is 0.389. The Bertz CT molecular complexity index is 211. The molecule has 0 bridgehead atoms. The second-order valence-electron chi connectivity index (χ2n) is 3.40. The zero-order valence-electron chi connectivity index (χ0n) is 8.60. The van der Waals surface area contributed by atoms with Gasteiger partial charge in [-0.3, -0.25) is 9.79 Å². The molecule has 0 saturated heterocycles. The van der Waals surface area contributed by atoms with Gasteiger partial charge >= 0.3 is 0 Å². The maximum Gasteiger partial charge on any atom is 0.185 e. The second kappa shape index (κ2) is 6.33. The highest BCUT2D eigenvalue weighted by molar-refractivity contribution is 5.81. The van der Waals surface area contributed by atoms with Crippen LogP contribution in [-0.4, -0.2) is 55.0 Å². The number of guanidine groups is 1. The standard InChI is InChI=1S/C8H18N4O2/c1-12(2)5-7(14)3-6(13)4-11-8(9)10/h6,13H,3-5H2,1-2H3,(H4,9,10,11). The number of rotatable bonds is 6. The van der Waals surface area contributed by atoms with E-state index in [4.69, 9.17) is 11.5 Å². The van der Waals surface area contributed by atoms with E-state index >= 15 is 0 Å². The summed E-state index contributed by atoms with van der Waals surface area (Å²) in [6, 6.07) is 0. The molecule has 82 valence electrons. The van der Waals surface area contributed by atoms with Gasteiger partial charge in [-0.2, -0.15) is 0 Å². The van der Waals surface area contributed by atoms with Gasteiger partial charge in [0.1, 0.15) is 5.78 Å². The van der Waals surface area contributed by atoms with Crippen LogP contribution in [0.25, 0.3) is 0 Å². The molecule has 0 rings (SSSR count). The van der Waals surface area contributed by atoms with Crippen molar-refractivity contribution in [3.05, 3.63) is 0 Å². The van der Waals surface area contributed by atoms with E-state index in [1.807, 2.05) is 0 Å². The van der Waals surface area contributed by atoms with Crippen LogP contribution in [0.4, 0.5) is 0 Å². The third kappa shape index (κ3) is 7.51. The smallest absolute Gasteiger partial charge is 0.185 e. The molecule has 1 atom stereocenters. The molecule has 0 spiro atoms. The lowest BCUT2D eigenvalue weighted by molar-refractivity contribution is -0.121. The first-order valence-corrected chi connectivity index (χ1v) is 4.31. The van der Waals surface area contributed by atoms with Crippen molar-refractivity contribution in [1.82, 2.24) is 4.90 Å². The number of carbonyl (C=O) groups is 1. The quantitative estimate of drug-likeness (QED) is 0.346. The van der Waals surface area contributed by atoms with Crippen molar-refractivity contribution in [3.8, 4) is 0 Å². The SMILES string of the molecule is CN(C)CC(=O)CC(O)CN=C(N)N. The van der Waals surface area contributed by atoms with Crippen LogP contribution in [0.2, 0.25) is 0 Å². The minimum atomic E-state index is -0.801. The van der Waals surface area contributed by atoms with E-state index in [0.29, 0.717) is 6.54 Å². The molecular weight excluding hydrogens is 184 g/mol. The van der Waals surface area contributed by atoms with Gasteiger partial charge < -0.3 is 21.5 Å². The molecule has 0 fully saturated rings. The van der Waals surface area contributed by atoms with E-state index in [9.17, 15) is 9.90 Å². The van der Waals surface area contributed by atoms with Crippen LogP contribution in [0, 0.1) is 0 Å². The molecule has 0 heterocycles. The number of nitrogens with two attached hydrogens (primary N) is 2. The van der Waals surface area contributed by atoms with Gasteiger partial charge in [0.2, 0.25) is 0 Å². The van der Waals surface area contributed by atoms with Crippen LogP contribution < -0.4 is 11.5 Å². The normalized spacial score (nSPS) is 12.6. The Morgan fingerprint density at radius 1 is 1.50 bits per heavy atom. The third-order valence-corrected chi connectivity index (χ3v) is 1.44. The molecule has 1 unspecified atom stereocenters. The Balaban J connectivity index is 3.77. The zero-order valence-corrected chi connectivity index (χ0v) is 8.60. The van der Waals surface area contributed by atoms with Crippen molar-refractivity contribution < 1.29 is 9.90 Å². The highest BCUT2D eigenvalue weighted by atomic mass is 16.3. The molecule has 0 aliphatic rings. The van der Waals surface area contributed by atoms with E-state index in [2.05, 4.69) is 4.99 Å². The van der Waals surface area contributed by atoms with Gasteiger partial charge in [0, 0.05) is 6.42 Å². The minimum absolute atomic E-state index is 0.0340. The molecule has 6 heteroatoms. The van der Waals surface area contributed by atoms with E-state index in [-0.39, 0.29) is 24.7 Å². The number of carbonyl (C=O) groups excluding carboxylic acids is 1. The number of aliphatic hydroxyl groups is 1. The maximum absolute atomic E-state index is 11.2. The fraction of sp³-hybridized carbons (Fsp3) is 0.750. The van der Waals surface area contributed by atoms with E-state index in [0.717, 1.165) is 0 Å². The van der Waals surface area contributed by atoms with Crippen molar-refractivity contribution >= 4 is 11.7 Å². The summed E-state index contributed by atoms with van der Waals surface area (Å²) >= 11 is 0. The summed E-state index contributed by atoms with van der Waals surface area (Å²) in [4.78, 5) is 16.6. The van der Waals surface area contributed by atoms with Crippen molar-refractivity contribution in [2.75, 3.05) is 27.2 Å². The highest BCUT2D eigenvalue weighted by Gasteiger charge is 2.10. The molecule has 0 saturated carbocycles. The first-order chi connectivity index (χ1) is 6.41. The molecule has 0 aromatic heterocycles. The summed E-state index contributed by atoms with van der Waals surface area (Å²) in [5.41, 5.74) is 10.2. The Morgan fingerprint density at radius 3 is 2.50 bits per heavy atom. The van der Waals surface area contributed by atoms with Crippen LogP contribution in [0.3, 0.4) is 0 Å². The first kappa shape index (κ1) is 12.9. The topological polar surface area (TPSA) is 105 Å². The second-order valence-corrected chi connectivity index (χ2v) is 3.40. The molecule has 0 aliphatic heterocycles. The molecule has 0 amide bonds. The fourth-order valence-electron chi connectivity index (χ4n) is 0.955. The molecule has 0 aliphatic carbocycles. The van der Waals surface area contributed by atoms with Gasteiger partial charge in [-0.1, -0.05) is 0 Å². The molecular formula is C8H18N4O2. The van der Waals surface area contributed by atoms with Gasteiger partial charge in [0.05, 0.1) is 19.2 Å². The number of Topliss-reactive ketones (excluding diaryl/α,β-unsaturated/α-hetero) is 1. The van der Waals surface area contributed by atoms with Gasteiger partial charge in [-0.25, -0.2) is 0 Å². The van der Waals surface area contributed by atoms with Gasteiger partial charge in [-0.05, 0) is 14.1 Å². The van der Waals surface area contributed by atoms with Crippen LogP contribution in [0.1, 0.15) is 6.42 Å². The summed E-state index contributed by atoms with van der Waals surface area (Å²) in [5.74, 6) is -0.114. The van der Waals surface area contributed by atoms with Crippen LogP contribution in [-0.2, 0) is 4.79 Å². The van der Waals surface area contributed by atoms with Gasteiger partial charge in [-0.15, -0.1) is 0 Å². The number of aliphatic hydroxyl groups excluding tert-OH is 1. The maximum atomic E-state index is 11.2. The average molecular weight is 202 g/mol. The monoisotopic (exact) mass is 202 g/mol. The van der Waals surface area contributed by atoms with Crippen LogP contribution >= 0.6 is 0 Å². The summed E-state index contributed by atoms with van der Waals surface area (Å²) in [7, 11) is 3.58. The number of ketones is 1. The minimum Gasteiger partial charge on any atom is -0.391 e. The highest BCUT2D eigenvalue weighted by Crippen LogP contribution is 1.95. The predicted molar refractivity (Wildman–Crippen MR) is 54.9 cm³/mol.